The minimum Gasteiger partial charge on any atom is -0.307 e. The van der Waals surface area contributed by atoms with Crippen LogP contribution in [0.5, 0.6) is 0 Å². The van der Waals surface area contributed by atoms with Gasteiger partial charge in [0.15, 0.2) is 0 Å². The van der Waals surface area contributed by atoms with Gasteiger partial charge in [-0.1, -0.05) is 37.5 Å². The lowest BCUT2D eigenvalue weighted by Gasteiger charge is -2.24. The summed E-state index contributed by atoms with van der Waals surface area (Å²) in [6.45, 7) is 5.29. The van der Waals surface area contributed by atoms with Gasteiger partial charge in [-0.3, -0.25) is 4.98 Å². The van der Waals surface area contributed by atoms with Crippen molar-refractivity contribution in [3.05, 3.63) is 41.2 Å². The highest BCUT2D eigenvalue weighted by molar-refractivity contribution is 5.31. The number of likely N-dealkylation sites (N-methyl/N-ethyl adjacent to an activating group) is 1. The first-order valence-corrected chi connectivity index (χ1v) is 7.66. The third-order valence-corrected chi connectivity index (χ3v) is 3.96. The molecule has 0 amide bonds. The summed E-state index contributed by atoms with van der Waals surface area (Å²) in [5.74, 6) is 0. The molecule has 0 aliphatic heterocycles. The molecule has 1 unspecified atom stereocenters. The molecule has 1 aromatic heterocycles. The van der Waals surface area contributed by atoms with Gasteiger partial charge in [-0.05, 0) is 50.8 Å². The maximum atomic E-state index is 4.45. The number of pyridine rings is 1. The highest BCUT2D eigenvalue weighted by Crippen LogP contribution is 2.29. The van der Waals surface area contributed by atoms with Gasteiger partial charge >= 0.3 is 0 Å². The van der Waals surface area contributed by atoms with Crippen LogP contribution in [-0.2, 0) is 0 Å². The Morgan fingerprint density at radius 2 is 2.11 bits per heavy atom. The van der Waals surface area contributed by atoms with Crippen LogP contribution in [0.4, 0.5) is 0 Å². The predicted octanol–water partition coefficient (Wildman–Crippen LogP) is 4.32. The van der Waals surface area contributed by atoms with E-state index in [-0.39, 0.29) is 0 Å². The van der Waals surface area contributed by atoms with E-state index in [0.29, 0.717) is 6.04 Å². The first kappa shape index (κ1) is 14.3. The number of hydrogen-bond donors (Lipinski definition) is 1. The van der Waals surface area contributed by atoms with Crippen molar-refractivity contribution in [1.29, 1.82) is 0 Å². The molecule has 1 aliphatic rings. The van der Waals surface area contributed by atoms with Crippen LogP contribution in [0.1, 0.15) is 62.7 Å². The minimum absolute atomic E-state index is 0.358. The number of rotatable bonds is 4. The summed E-state index contributed by atoms with van der Waals surface area (Å²) >= 11 is 0. The molecule has 19 heavy (non-hydrogen) atoms. The number of aryl methyl sites for hydroxylation is 1. The fraction of sp³-hybridized carbons (Fsp3) is 0.588. The first-order valence-electron chi connectivity index (χ1n) is 7.66. The zero-order valence-corrected chi connectivity index (χ0v) is 12.3. The number of allylic oxidation sites excluding steroid dienone is 1. The zero-order valence-electron chi connectivity index (χ0n) is 12.3. The maximum absolute atomic E-state index is 4.45. The van der Waals surface area contributed by atoms with Gasteiger partial charge in [-0.25, -0.2) is 0 Å². The molecule has 2 heteroatoms. The van der Waals surface area contributed by atoms with E-state index < -0.39 is 0 Å². The van der Waals surface area contributed by atoms with E-state index in [1.54, 1.807) is 5.57 Å². The quantitative estimate of drug-likeness (QED) is 0.813. The van der Waals surface area contributed by atoms with Crippen LogP contribution < -0.4 is 5.32 Å². The first-order chi connectivity index (χ1) is 9.33. The molecular weight excluding hydrogens is 232 g/mol. The number of nitrogens with zero attached hydrogens (tertiary/aromatic N) is 1. The van der Waals surface area contributed by atoms with Gasteiger partial charge in [0.05, 0.1) is 6.04 Å². The predicted molar refractivity (Wildman–Crippen MR) is 81.2 cm³/mol. The molecule has 0 bridgehead atoms. The molecule has 1 N–H and O–H groups in total. The monoisotopic (exact) mass is 258 g/mol. The molecule has 2 rings (SSSR count). The van der Waals surface area contributed by atoms with Crippen molar-refractivity contribution < 1.29 is 0 Å². The van der Waals surface area contributed by atoms with Crippen LogP contribution in [0.3, 0.4) is 0 Å². The smallest absolute Gasteiger partial charge is 0.0553 e. The lowest BCUT2D eigenvalue weighted by Crippen LogP contribution is -2.24. The van der Waals surface area contributed by atoms with E-state index in [1.165, 1.54) is 44.1 Å². The highest BCUT2D eigenvalue weighted by Gasteiger charge is 2.18. The standard InChI is InChI=1S/C17H26N2/c1-3-18-17(16-12-9-13-19-14(16)2)15-10-7-5-4-6-8-11-15/h9-10,12-13,17-18H,3-8,11H2,1-2H3/b15-10+. The van der Waals surface area contributed by atoms with Gasteiger partial charge in [0.2, 0.25) is 0 Å². The normalized spacial score (nSPS) is 21.1. The summed E-state index contributed by atoms with van der Waals surface area (Å²) in [6, 6.07) is 4.63. The molecule has 1 heterocycles. The van der Waals surface area contributed by atoms with Crippen LogP contribution in [0.2, 0.25) is 0 Å². The average molecular weight is 258 g/mol. The number of aromatic nitrogens is 1. The topological polar surface area (TPSA) is 24.9 Å². The van der Waals surface area contributed by atoms with Crippen LogP contribution in [0, 0.1) is 6.92 Å². The van der Waals surface area contributed by atoms with Gasteiger partial charge < -0.3 is 5.32 Å². The Morgan fingerprint density at radius 3 is 2.89 bits per heavy atom. The van der Waals surface area contributed by atoms with Crippen LogP contribution in [0.25, 0.3) is 0 Å². The lowest BCUT2D eigenvalue weighted by molar-refractivity contribution is 0.551. The molecule has 104 valence electrons. The van der Waals surface area contributed by atoms with Crippen molar-refractivity contribution in [2.24, 2.45) is 0 Å². The minimum atomic E-state index is 0.358. The Balaban J connectivity index is 2.25. The number of hydrogen-bond acceptors (Lipinski definition) is 2. The summed E-state index contributed by atoms with van der Waals surface area (Å²) < 4.78 is 0. The molecule has 1 aliphatic carbocycles. The van der Waals surface area contributed by atoms with Crippen molar-refractivity contribution in [3.8, 4) is 0 Å². The Kier molecular flexibility index (Phi) is 5.59. The summed E-state index contributed by atoms with van der Waals surface area (Å²) in [4.78, 5) is 4.45. The second-order valence-electron chi connectivity index (χ2n) is 5.40. The molecular formula is C17H26N2. The fourth-order valence-electron chi connectivity index (χ4n) is 2.93. The van der Waals surface area contributed by atoms with Crippen LogP contribution in [-0.4, -0.2) is 11.5 Å². The van der Waals surface area contributed by atoms with Crippen molar-refractivity contribution in [2.45, 2.75) is 58.4 Å². The average Bonchev–Trinajstić information content (AvgIpc) is 2.37. The van der Waals surface area contributed by atoms with E-state index in [4.69, 9.17) is 0 Å². The van der Waals surface area contributed by atoms with Gasteiger partial charge in [-0.2, -0.15) is 0 Å². The molecule has 0 radical (unpaired) electrons. The van der Waals surface area contributed by atoms with Crippen LogP contribution in [0.15, 0.2) is 30.0 Å². The fourth-order valence-corrected chi connectivity index (χ4v) is 2.93. The molecule has 0 saturated carbocycles. The van der Waals surface area contributed by atoms with Crippen LogP contribution >= 0.6 is 0 Å². The van der Waals surface area contributed by atoms with E-state index in [1.807, 2.05) is 6.20 Å². The third-order valence-electron chi connectivity index (χ3n) is 3.96. The lowest BCUT2D eigenvalue weighted by atomic mass is 9.90. The van der Waals surface area contributed by atoms with Gasteiger partial charge in [0.25, 0.3) is 0 Å². The summed E-state index contributed by atoms with van der Waals surface area (Å²) in [6.07, 6.45) is 12.3. The molecule has 1 aromatic rings. The van der Waals surface area contributed by atoms with Gasteiger partial charge in [0, 0.05) is 11.9 Å². The Hall–Kier alpha value is -1.15. The molecule has 2 nitrogen and oxygen atoms in total. The van der Waals surface area contributed by atoms with E-state index in [0.717, 1.165) is 12.2 Å². The molecule has 1 atom stereocenters. The molecule has 0 saturated heterocycles. The third kappa shape index (κ3) is 3.90. The maximum Gasteiger partial charge on any atom is 0.0553 e. The molecule has 0 spiro atoms. The Labute approximate surface area is 117 Å². The van der Waals surface area contributed by atoms with Crippen molar-refractivity contribution in [2.75, 3.05) is 6.54 Å². The molecule has 0 fully saturated rings. The summed E-state index contributed by atoms with van der Waals surface area (Å²) in [5.41, 5.74) is 4.06. The number of nitrogens with one attached hydrogen (secondary N) is 1. The van der Waals surface area contributed by atoms with E-state index in [9.17, 15) is 0 Å². The Bertz CT molecular complexity index is 423. The van der Waals surface area contributed by atoms with E-state index >= 15 is 0 Å². The van der Waals surface area contributed by atoms with Gasteiger partial charge in [0.1, 0.15) is 0 Å². The highest BCUT2D eigenvalue weighted by atomic mass is 14.9. The van der Waals surface area contributed by atoms with Crippen molar-refractivity contribution >= 4 is 0 Å². The van der Waals surface area contributed by atoms with Crippen molar-refractivity contribution in [3.63, 3.8) is 0 Å². The summed E-state index contributed by atoms with van der Waals surface area (Å²) in [7, 11) is 0. The largest absolute Gasteiger partial charge is 0.307 e. The zero-order chi connectivity index (χ0) is 13.5. The molecule has 0 aromatic carbocycles. The SMILES string of the molecule is CCNC(/C1=C/CCCCCC1)c1cccnc1C. The van der Waals surface area contributed by atoms with Crippen molar-refractivity contribution in [1.82, 2.24) is 10.3 Å². The summed E-state index contributed by atoms with van der Waals surface area (Å²) in [5, 5.41) is 3.65. The van der Waals surface area contributed by atoms with Gasteiger partial charge in [-0.15, -0.1) is 0 Å². The van der Waals surface area contributed by atoms with E-state index in [2.05, 4.69) is 42.4 Å². The second-order valence-corrected chi connectivity index (χ2v) is 5.40. The Morgan fingerprint density at radius 1 is 1.26 bits per heavy atom. The second kappa shape index (κ2) is 7.44.